The summed E-state index contributed by atoms with van der Waals surface area (Å²) < 4.78 is 31.3. The second-order valence-electron chi connectivity index (χ2n) is 8.00. The summed E-state index contributed by atoms with van der Waals surface area (Å²) in [5.74, 6) is -0.458. The van der Waals surface area contributed by atoms with Crippen LogP contribution in [0, 0.1) is 5.82 Å². The highest BCUT2D eigenvalue weighted by molar-refractivity contribution is 6.31. The Balaban J connectivity index is 2.09. The number of rotatable bonds is 9. The molecule has 182 valence electrons. The fourth-order valence-corrected chi connectivity index (χ4v) is 3.92. The number of benzene rings is 2. The molecular weight excluding hydrogens is 463 g/mol. The molecule has 2 amide bonds. The molecule has 0 saturated heterocycles. The highest BCUT2D eigenvalue weighted by Crippen LogP contribution is 2.40. The van der Waals surface area contributed by atoms with Crippen LogP contribution < -0.4 is 20.1 Å². The molecule has 0 aromatic heterocycles. The van der Waals surface area contributed by atoms with Gasteiger partial charge >= 0.3 is 12.0 Å². The standard InChI is InChI=1S/C25H28ClFN2O5/c1-5-8-19-21(24(30)34-14(2)3)22(29-25(31)28-19)15-9-6-12-20(32-4)23(15)33-13-16-17(26)10-7-11-18(16)27/h6-7,9-12,14,22H,5,8,13H2,1-4H3,(H2,28,29,31). The number of hydrogen-bond acceptors (Lipinski definition) is 5. The second kappa shape index (κ2) is 11.2. The van der Waals surface area contributed by atoms with E-state index in [0.29, 0.717) is 29.9 Å². The molecule has 0 radical (unpaired) electrons. The number of methoxy groups -OCH3 is 1. The fraction of sp³-hybridized carbons (Fsp3) is 0.360. The number of hydrogen-bond donors (Lipinski definition) is 2. The van der Waals surface area contributed by atoms with Gasteiger partial charge in [-0.3, -0.25) is 0 Å². The first-order valence-corrected chi connectivity index (χ1v) is 11.4. The summed E-state index contributed by atoms with van der Waals surface area (Å²) in [7, 11) is 1.47. The molecule has 2 aromatic carbocycles. The molecule has 2 aromatic rings. The van der Waals surface area contributed by atoms with Gasteiger partial charge in [-0.1, -0.05) is 43.1 Å². The first-order chi connectivity index (χ1) is 16.3. The van der Waals surface area contributed by atoms with Crippen molar-refractivity contribution in [3.8, 4) is 11.5 Å². The smallest absolute Gasteiger partial charge is 0.338 e. The number of halogens is 2. The lowest BCUT2D eigenvalue weighted by molar-refractivity contribution is -0.143. The number of nitrogens with one attached hydrogen (secondary N) is 2. The Hall–Kier alpha value is -3.26. The first-order valence-electron chi connectivity index (χ1n) is 11.0. The maximum atomic E-state index is 14.3. The summed E-state index contributed by atoms with van der Waals surface area (Å²) in [6.45, 7) is 5.26. The molecule has 1 heterocycles. The van der Waals surface area contributed by atoms with E-state index in [0.717, 1.165) is 0 Å². The predicted molar refractivity (Wildman–Crippen MR) is 126 cm³/mol. The van der Waals surface area contributed by atoms with E-state index in [4.69, 9.17) is 25.8 Å². The minimum Gasteiger partial charge on any atom is -0.493 e. The van der Waals surface area contributed by atoms with E-state index in [1.165, 1.54) is 19.2 Å². The van der Waals surface area contributed by atoms with Gasteiger partial charge in [0, 0.05) is 16.8 Å². The fourth-order valence-electron chi connectivity index (χ4n) is 3.71. The van der Waals surface area contributed by atoms with Crippen molar-refractivity contribution in [2.45, 2.75) is 52.4 Å². The second-order valence-corrected chi connectivity index (χ2v) is 8.40. The third kappa shape index (κ3) is 5.62. The number of urea groups is 1. The molecule has 7 nitrogen and oxygen atoms in total. The number of carbonyl (C=O) groups excluding carboxylic acids is 2. The van der Waals surface area contributed by atoms with E-state index in [1.807, 2.05) is 6.92 Å². The molecule has 0 saturated carbocycles. The molecule has 9 heteroatoms. The summed E-state index contributed by atoms with van der Waals surface area (Å²) in [6, 6.07) is 8.14. The van der Waals surface area contributed by atoms with Crippen LogP contribution in [-0.4, -0.2) is 25.2 Å². The van der Waals surface area contributed by atoms with Gasteiger partial charge < -0.3 is 24.8 Å². The van der Waals surface area contributed by atoms with Gasteiger partial charge in [-0.25, -0.2) is 14.0 Å². The Bertz CT molecular complexity index is 1080. The van der Waals surface area contributed by atoms with Gasteiger partial charge in [-0.05, 0) is 38.5 Å². The Labute approximate surface area is 203 Å². The number of esters is 1. The zero-order chi connectivity index (χ0) is 24.8. The zero-order valence-electron chi connectivity index (χ0n) is 19.5. The number of para-hydroxylation sites is 1. The highest BCUT2D eigenvalue weighted by atomic mass is 35.5. The van der Waals surface area contributed by atoms with Crippen LogP contribution >= 0.6 is 11.6 Å². The lowest BCUT2D eigenvalue weighted by Gasteiger charge is -2.31. The third-order valence-corrected chi connectivity index (χ3v) is 5.53. The molecule has 0 bridgehead atoms. The average Bonchev–Trinajstić information content (AvgIpc) is 2.78. The largest absolute Gasteiger partial charge is 0.493 e. The van der Waals surface area contributed by atoms with Crippen molar-refractivity contribution in [1.82, 2.24) is 10.6 Å². The SMILES string of the molecule is CCCC1=C(C(=O)OC(C)C)C(c2cccc(OC)c2OCc2c(F)cccc2Cl)NC(=O)N1. The molecule has 1 aliphatic heterocycles. The van der Waals surface area contributed by atoms with Crippen LogP contribution in [0.1, 0.15) is 50.8 Å². The molecular formula is C25H28ClFN2O5. The zero-order valence-corrected chi connectivity index (χ0v) is 20.3. The molecule has 0 aliphatic carbocycles. The molecule has 3 rings (SSSR count). The van der Waals surface area contributed by atoms with Crippen LogP contribution in [0.3, 0.4) is 0 Å². The molecule has 0 spiro atoms. The van der Waals surface area contributed by atoms with Crippen molar-refractivity contribution in [2.24, 2.45) is 0 Å². The highest BCUT2D eigenvalue weighted by Gasteiger charge is 2.36. The van der Waals surface area contributed by atoms with E-state index in [2.05, 4.69) is 10.6 Å². The monoisotopic (exact) mass is 490 g/mol. The van der Waals surface area contributed by atoms with Gasteiger partial charge in [0.2, 0.25) is 0 Å². The number of ether oxygens (including phenoxy) is 3. The van der Waals surface area contributed by atoms with Crippen LogP contribution in [-0.2, 0) is 16.1 Å². The van der Waals surface area contributed by atoms with Gasteiger partial charge in [0.05, 0.1) is 29.9 Å². The first kappa shape index (κ1) is 25.4. The Kier molecular flexibility index (Phi) is 8.39. The van der Waals surface area contributed by atoms with Crippen molar-refractivity contribution in [3.63, 3.8) is 0 Å². The summed E-state index contributed by atoms with van der Waals surface area (Å²) in [4.78, 5) is 25.6. The van der Waals surface area contributed by atoms with Crippen LogP contribution in [0.2, 0.25) is 5.02 Å². The number of carbonyl (C=O) groups is 2. The predicted octanol–water partition coefficient (Wildman–Crippen LogP) is 5.43. The van der Waals surface area contributed by atoms with Crippen molar-refractivity contribution in [1.29, 1.82) is 0 Å². The van der Waals surface area contributed by atoms with Gasteiger partial charge in [0.15, 0.2) is 11.5 Å². The number of amides is 2. The quantitative estimate of drug-likeness (QED) is 0.458. The number of allylic oxidation sites excluding steroid dienone is 1. The van der Waals surface area contributed by atoms with Crippen molar-refractivity contribution >= 4 is 23.6 Å². The summed E-state index contributed by atoms with van der Waals surface area (Å²) >= 11 is 6.16. The molecule has 1 aliphatic rings. The van der Waals surface area contributed by atoms with Crippen LogP contribution in [0.25, 0.3) is 0 Å². The summed E-state index contributed by atoms with van der Waals surface area (Å²) in [5, 5.41) is 5.75. The van der Waals surface area contributed by atoms with E-state index in [1.54, 1.807) is 38.1 Å². The lowest BCUT2D eigenvalue weighted by atomic mass is 9.92. The third-order valence-electron chi connectivity index (χ3n) is 5.18. The van der Waals surface area contributed by atoms with Gasteiger partial charge in [-0.15, -0.1) is 0 Å². The van der Waals surface area contributed by atoms with E-state index in [-0.39, 0.29) is 34.6 Å². The van der Waals surface area contributed by atoms with E-state index < -0.39 is 23.9 Å². The normalized spacial score (nSPS) is 15.6. The van der Waals surface area contributed by atoms with Crippen molar-refractivity contribution in [3.05, 3.63) is 69.6 Å². The topological polar surface area (TPSA) is 85.9 Å². The Morgan fingerprint density at radius 1 is 1.21 bits per heavy atom. The maximum Gasteiger partial charge on any atom is 0.338 e. The molecule has 1 atom stereocenters. The molecule has 2 N–H and O–H groups in total. The van der Waals surface area contributed by atoms with Crippen LogP contribution in [0.4, 0.5) is 9.18 Å². The van der Waals surface area contributed by atoms with Crippen LogP contribution in [0.5, 0.6) is 11.5 Å². The van der Waals surface area contributed by atoms with Crippen molar-refractivity contribution < 1.29 is 28.2 Å². The Morgan fingerprint density at radius 2 is 1.94 bits per heavy atom. The lowest BCUT2D eigenvalue weighted by Crippen LogP contribution is -2.46. The van der Waals surface area contributed by atoms with E-state index in [9.17, 15) is 14.0 Å². The minimum absolute atomic E-state index is 0.178. The molecule has 34 heavy (non-hydrogen) atoms. The summed E-state index contributed by atoms with van der Waals surface area (Å²) in [6.07, 6.45) is 0.816. The van der Waals surface area contributed by atoms with E-state index >= 15 is 0 Å². The maximum absolute atomic E-state index is 14.3. The van der Waals surface area contributed by atoms with Gasteiger partial charge in [-0.2, -0.15) is 0 Å². The van der Waals surface area contributed by atoms with Crippen LogP contribution in [0.15, 0.2) is 47.7 Å². The van der Waals surface area contributed by atoms with Gasteiger partial charge in [0.25, 0.3) is 0 Å². The Morgan fingerprint density at radius 3 is 2.59 bits per heavy atom. The average molecular weight is 491 g/mol. The molecule has 0 fully saturated rings. The van der Waals surface area contributed by atoms with Gasteiger partial charge in [0.1, 0.15) is 12.4 Å². The summed E-state index contributed by atoms with van der Waals surface area (Å²) in [5.41, 5.74) is 1.40. The van der Waals surface area contributed by atoms with Crippen molar-refractivity contribution in [2.75, 3.05) is 7.11 Å². The molecule has 1 unspecified atom stereocenters. The minimum atomic E-state index is -0.872.